The summed E-state index contributed by atoms with van der Waals surface area (Å²) in [6, 6.07) is 9.37. The van der Waals surface area contributed by atoms with E-state index in [1.54, 1.807) is 11.4 Å². The molecule has 1 saturated heterocycles. The summed E-state index contributed by atoms with van der Waals surface area (Å²) < 4.78 is 28.3. The molecule has 0 aliphatic carbocycles. The molecule has 1 fully saturated rings. The van der Waals surface area contributed by atoms with Crippen LogP contribution in [0.4, 0.5) is 0 Å². The molecule has 0 bridgehead atoms. The van der Waals surface area contributed by atoms with Gasteiger partial charge in [-0.25, -0.2) is 18.1 Å². The SMILES string of the molecule is Cc1ccc(CNS(=O)(=O)c2cc(-c3nc(C)c(C(=O)N4CCCC4)s3)cs2)cc1. The molecule has 9 heteroatoms. The van der Waals surface area contributed by atoms with E-state index in [4.69, 9.17) is 0 Å². The number of benzene rings is 1. The second-order valence-electron chi connectivity index (χ2n) is 7.40. The molecule has 0 unspecified atom stereocenters. The molecule has 1 aliphatic rings. The summed E-state index contributed by atoms with van der Waals surface area (Å²) in [4.78, 5) is 19.7. The maximum Gasteiger partial charge on any atom is 0.265 e. The normalized spacial score (nSPS) is 14.4. The van der Waals surface area contributed by atoms with E-state index < -0.39 is 10.0 Å². The Morgan fingerprint density at radius 1 is 1.17 bits per heavy atom. The first-order valence-corrected chi connectivity index (χ1v) is 12.9. The second kappa shape index (κ2) is 8.58. The molecular formula is C21H23N3O3S3. The number of hydrogen-bond acceptors (Lipinski definition) is 6. The van der Waals surface area contributed by atoms with Crippen LogP contribution in [0.1, 0.15) is 39.3 Å². The first-order chi connectivity index (χ1) is 14.3. The van der Waals surface area contributed by atoms with Gasteiger partial charge in [-0.2, -0.15) is 0 Å². The van der Waals surface area contributed by atoms with Gasteiger partial charge >= 0.3 is 0 Å². The number of nitrogens with zero attached hydrogens (tertiary/aromatic N) is 2. The molecule has 6 nitrogen and oxygen atoms in total. The van der Waals surface area contributed by atoms with Crippen molar-refractivity contribution in [3.05, 3.63) is 57.4 Å². The number of carbonyl (C=O) groups excluding carboxylic acids is 1. The molecule has 1 aliphatic heterocycles. The van der Waals surface area contributed by atoms with E-state index in [1.165, 1.54) is 11.3 Å². The largest absolute Gasteiger partial charge is 0.338 e. The maximum atomic E-state index is 12.7. The van der Waals surface area contributed by atoms with Gasteiger partial charge in [-0.1, -0.05) is 29.8 Å². The van der Waals surface area contributed by atoms with E-state index in [0.717, 1.165) is 54.0 Å². The van der Waals surface area contributed by atoms with Crippen molar-refractivity contribution in [2.24, 2.45) is 0 Å². The van der Waals surface area contributed by atoms with Gasteiger partial charge in [0.2, 0.25) is 10.0 Å². The van der Waals surface area contributed by atoms with Crippen LogP contribution in [-0.2, 0) is 16.6 Å². The van der Waals surface area contributed by atoms with Crippen LogP contribution in [0.5, 0.6) is 0 Å². The highest BCUT2D eigenvalue weighted by Crippen LogP contribution is 2.33. The number of hydrogen-bond donors (Lipinski definition) is 1. The third-order valence-corrected chi connectivity index (χ3v) is 9.09. The predicted octanol–water partition coefficient (Wildman–Crippen LogP) is 4.20. The first-order valence-electron chi connectivity index (χ1n) is 9.74. The molecular weight excluding hydrogens is 438 g/mol. The molecule has 1 aromatic carbocycles. The van der Waals surface area contributed by atoms with Crippen LogP contribution >= 0.6 is 22.7 Å². The van der Waals surface area contributed by atoms with Gasteiger partial charge in [0.1, 0.15) is 14.1 Å². The molecule has 3 heterocycles. The zero-order valence-electron chi connectivity index (χ0n) is 16.8. The summed E-state index contributed by atoms with van der Waals surface area (Å²) in [5.74, 6) is 0.0246. The number of amides is 1. The molecule has 2 aromatic heterocycles. The minimum atomic E-state index is -3.62. The minimum absolute atomic E-state index is 0.0246. The molecule has 4 rings (SSSR count). The van der Waals surface area contributed by atoms with E-state index in [2.05, 4.69) is 9.71 Å². The Morgan fingerprint density at radius 3 is 2.57 bits per heavy atom. The smallest absolute Gasteiger partial charge is 0.265 e. The van der Waals surface area contributed by atoms with Crippen molar-refractivity contribution in [2.45, 2.75) is 37.4 Å². The molecule has 0 atom stereocenters. The Morgan fingerprint density at radius 2 is 1.87 bits per heavy atom. The van der Waals surface area contributed by atoms with Gasteiger partial charge in [0.15, 0.2) is 0 Å². The highest BCUT2D eigenvalue weighted by molar-refractivity contribution is 7.91. The lowest BCUT2D eigenvalue weighted by atomic mass is 10.2. The minimum Gasteiger partial charge on any atom is -0.338 e. The van der Waals surface area contributed by atoms with Crippen LogP contribution in [0, 0.1) is 13.8 Å². The number of nitrogens with one attached hydrogen (secondary N) is 1. The Kier molecular flexibility index (Phi) is 6.06. The number of carbonyl (C=O) groups is 1. The van der Waals surface area contributed by atoms with E-state index in [9.17, 15) is 13.2 Å². The molecule has 158 valence electrons. The van der Waals surface area contributed by atoms with Crippen molar-refractivity contribution in [2.75, 3.05) is 13.1 Å². The van der Waals surface area contributed by atoms with Gasteiger partial charge in [0, 0.05) is 30.6 Å². The molecule has 0 saturated carbocycles. The van der Waals surface area contributed by atoms with E-state index >= 15 is 0 Å². The predicted molar refractivity (Wildman–Crippen MR) is 121 cm³/mol. The molecule has 3 aromatic rings. The van der Waals surface area contributed by atoms with Crippen molar-refractivity contribution in [3.8, 4) is 10.6 Å². The fourth-order valence-corrected chi connectivity index (χ4v) is 6.63. The Labute approximate surface area is 184 Å². The highest BCUT2D eigenvalue weighted by Gasteiger charge is 2.25. The molecule has 1 amide bonds. The first kappa shape index (κ1) is 21.2. The fourth-order valence-electron chi connectivity index (χ4n) is 3.31. The lowest BCUT2D eigenvalue weighted by molar-refractivity contribution is 0.0796. The number of aromatic nitrogens is 1. The van der Waals surface area contributed by atoms with Crippen molar-refractivity contribution >= 4 is 38.6 Å². The van der Waals surface area contributed by atoms with Gasteiger partial charge in [-0.15, -0.1) is 22.7 Å². The number of thiophene rings is 1. The summed E-state index contributed by atoms with van der Waals surface area (Å²) in [7, 11) is -3.62. The summed E-state index contributed by atoms with van der Waals surface area (Å²) in [5, 5.41) is 2.45. The molecule has 0 spiro atoms. The zero-order chi connectivity index (χ0) is 21.3. The number of sulfonamides is 1. The van der Waals surface area contributed by atoms with Crippen LogP contribution < -0.4 is 4.72 Å². The van der Waals surface area contributed by atoms with Crippen molar-refractivity contribution in [1.82, 2.24) is 14.6 Å². The summed E-state index contributed by atoms with van der Waals surface area (Å²) >= 11 is 2.49. The third-order valence-electron chi connectivity index (χ3n) is 5.06. The van der Waals surface area contributed by atoms with Gasteiger partial charge in [0.25, 0.3) is 5.91 Å². The number of thiazole rings is 1. The van der Waals surface area contributed by atoms with E-state index in [0.29, 0.717) is 15.6 Å². The zero-order valence-corrected chi connectivity index (χ0v) is 19.3. The molecule has 0 radical (unpaired) electrons. The lowest BCUT2D eigenvalue weighted by Crippen LogP contribution is -2.27. The van der Waals surface area contributed by atoms with Crippen LogP contribution in [0.3, 0.4) is 0 Å². The van der Waals surface area contributed by atoms with Crippen molar-refractivity contribution in [1.29, 1.82) is 0 Å². The Balaban J connectivity index is 1.50. The summed E-state index contributed by atoms with van der Waals surface area (Å²) in [6.07, 6.45) is 2.08. The standard InChI is InChI=1S/C21H23N3O3S3/c1-14-5-7-16(8-6-14)12-22-30(26,27)18-11-17(13-28-18)20-23-15(2)19(29-20)21(25)24-9-3-4-10-24/h5-8,11,13,22H,3-4,9-10,12H2,1-2H3. The Bertz CT molecular complexity index is 1160. The second-order valence-corrected chi connectivity index (χ2v) is 11.3. The van der Waals surface area contributed by atoms with Gasteiger partial charge < -0.3 is 4.90 Å². The number of aryl methyl sites for hydroxylation is 2. The molecule has 1 N–H and O–H groups in total. The van der Waals surface area contributed by atoms with Crippen LogP contribution in [0.15, 0.2) is 39.9 Å². The average molecular weight is 462 g/mol. The van der Waals surface area contributed by atoms with Crippen LogP contribution in [0.2, 0.25) is 0 Å². The number of likely N-dealkylation sites (tertiary alicyclic amines) is 1. The highest BCUT2D eigenvalue weighted by atomic mass is 32.2. The van der Waals surface area contributed by atoms with Crippen LogP contribution in [0.25, 0.3) is 10.6 Å². The van der Waals surface area contributed by atoms with Gasteiger partial charge in [-0.3, -0.25) is 4.79 Å². The average Bonchev–Trinajstić information content (AvgIpc) is 3.47. The maximum absolute atomic E-state index is 12.7. The molecule has 30 heavy (non-hydrogen) atoms. The van der Waals surface area contributed by atoms with Crippen molar-refractivity contribution < 1.29 is 13.2 Å². The monoisotopic (exact) mass is 461 g/mol. The van der Waals surface area contributed by atoms with Crippen molar-refractivity contribution in [3.63, 3.8) is 0 Å². The lowest BCUT2D eigenvalue weighted by Gasteiger charge is -2.13. The van der Waals surface area contributed by atoms with E-state index in [-0.39, 0.29) is 16.7 Å². The van der Waals surface area contributed by atoms with E-state index in [1.807, 2.05) is 43.0 Å². The summed E-state index contributed by atoms with van der Waals surface area (Å²) in [6.45, 7) is 5.64. The third kappa shape index (κ3) is 4.49. The van der Waals surface area contributed by atoms with Gasteiger partial charge in [0.05, 0.1) is 5.69 Å². The van der Waals surface area contributed by atoms with Gasteiger partial charge in [-0.05, 0) is 38.3 Å². The quantitative estimate of drug-likeness (QED) is 0.597. The van der Waals surface area contributed by atoms with Crippen LogP contribution in [-0.4, -0.2) is 37.3 Å². The summed E-state index contributed by atoms with van der Waals surface area (Å²) in [5.41, 5.74) is 3.46. The fraction of sp³-hybridized carbons (Fsp3) is 0.333. The number of rotatable bonds is 6. The topological polar surface area (TPSA) is 79.4 Å². The Hall–Kier alpha value is -2.07.